The lowest BCUT2D eigenvalue weighted by molar-refractivity contribution is 0.0914. The fourth-order valence-electron chi connectivity index (χ4n) is 1.55. The highest BCUT2D eigenvalue weighted by atomic mass is 32.2. The van der Waals surface area contributed by atoms with Crippen LogP contribution >= 0.6 is 11.8 Å². The first-order valence-electron chi connectivity index (χ1n) is 5.25. The van der Waals surface area contributed by atoms with Gasteiger partial charge in [-0.2, -0.15) is 4.98 Å². The van der Waals surface area contributed by atoms with E-state index in [-0.39, 0.29) is 11.3 Å². The largest absolute Gasteiger partial charge is 0.380 e. The molecule has 17 heavy (non-hydrogen) atoms. The number of aromatic amines is 1. The molecule has 2 heterocycles. The SMILES string of the molecule is Cn1[nH]c(=O)c(=O)nc1SC1COCCC1N. The van der Waals surface area contributed by atoms with Gasteiger partial charge < -0.3 is 10.5 Å². The number of hydrogen-bond acceptors (Lipinski definition) is 6. The number of rotatable bonds is 2. The van der Waals surface area contributed by atoms with Gasteiger partial charge in [0, 0.05) is 19.7 Å². The van der Waals surface area contributed by atoms with E-state index in [0.29, 0.717) is 18.4 Å². The predicted octanol–water partition coefficient (Wildman–Crippen LogP) is -1.32. The number of nitrogens with zero attached hydrogens (tertiary/aromatic N) is 2. The molecule has 1 aromatic rings. The van der Waals surface area contributed by atoms with Gasteiger partial charge in [0.25, 0.3) is 0 Å². The Bertz CT molecular complexity index is 512. The highest BCUT2D eigenvalue weighted by Gasteiger charge is 2.25. The van der Waals surface area contributed by atoms with Crippen LogP contribution in [0, 0.1) is 0 Å². The minimum absolute atomic E-state index is 0.0116. The summed E-state index contributed by atoms with van der Waals surface area (Å²) in [5, 5.41) is 2.89. The number of ether oxygens (including phenoxy) is 1. The van der Waals surface area contributed by atoms with Crippen molar-refractivity contribution in [2.75, 3.05) is 13.2 Å². The van der Waals surface area contributed by atoms with Crippen molar-refractivity contribution in [2.45, 2.75) is 22.9 Å². The molecule has 1 aliphatic heterocycles. The van der Waals surface area contributed by atoms with E-state index >= 15 is 0 Å². The third-order valence-corrected chi connectivity index (χ3v) is 3.92. The molecule has 0 spiro atoms. The standard InChI is InChI=1S/C9H14N4O3S/c1-13-9(11-7(14)8(15)12-13)17-6-4-16-3-2-5(6)10/h5-6H,2-4,10H2,1H3,(H,12,15). The Morgan fingerprint density at radius 3 is 3.06 bits per heavy atom. The smallest absolute Gasteiger partial charge is 0.339 e. The highest BCUT2D eigenvalue weighted by Crippen LogP contribution is 2.25. The molecule has 0 aliphatic carbocycles. The van der Waals surface area contributed by atoms with Crippen molar-refractivity contribution in [1.82, 2.24) is 14.8 Å². The quantitative estimate of drug-likeness (QED) is 0.638. The Morgan fingerprint density at radius 1 is 1.59 bits per heavy atom. The third kappa shape index (κ3) is 2.76. The molecule has 0 bridgehead atoms. The molecule has 2 rings (SSSR count). The van der Waals surface area contributed by atoms with Gasteiger partial charge in [-0.3, -0.25) is 19.4 Å². The molecule has 0 radical (unpaired) electrons. The first kappa shape index (κ1) is 12.3. The van der Waals surface area contributed by atoms with Crippen molar-refractivity contribution < 1.29 is 4.74 Å². The molecular formula is C9H14N4O3S. The minimum atomic E-state index is -0.782. The maximum Gasteiger partial charge on any atom is 0.339 e. The van der Waals surface area contributed by atoms with E-state index < -0.39 is 11.1 Å². The molecule has 1 fully saturated rings. The normalized spacial score (nSPS) is 24.8. The summed E-state index contributed by atoms with van der Waals surface area (Å²) in [7, 11) is 1.63. The van der Waals surface area contributed by atoms with Gasteiger partial charge in [0.05, 0.1) is 11.9 Å². The fourth-order valence-corrected chi connectivity index (χ4v) is 2.64. The molecule has 1 aromatic heterocycles. The second kappa shape index (κ2) is 5.03. The van der Waals surface area contributed by atoms with Crippen molar-refractivity contribution in [3.05, 3.63) is 20.7 Å². The molecule has 0 amide bonds. The van der Waals surface area contributed by atoms with Gasteiger partial charge >= 0.3 is 11.1 Å². The number of nitrogens with two attached hydrogens (primary N) is 1. The summed E-state index contributed by atoms with van der Waals surface area (Å²) in [5.74, 6) is 0. The van der Waals surface area contributed by atoms with Crippen molar-refractivity contribution in [1.29, 1.82) is 0 Å². The summed E-state index contributed by atoms with van der Waals surface area (Å²) < 4.78 is 6.76. The monoisotopic (exact) mass is 258 g/mol. The Morgan fingerprint density at radius 2 is 2.35 bits per heavy atom. The van der Waals surface area contributed by atoms with E-state index in [0.717, 1.165) is 6.42 Å². The fraction of sp³-hybridized carbons (Fsp3) is 0.667. The second-order valence-electron chi connectivity index (χ2n) is 3.88. The van der Waals surface area contributed by atoms with Crippen LogP contribution in [0.5, 0.6) is 0 Å². The van der Waals surface area contributed by atoms with Crippen molar-refractivity contribution in [3.63, 3.8) is 0 Å². The average Bonchev–Trinajstić information content (AvgIpc) is 2.29. The molecule has 2 unspecified atom stereocenters. The number of hydrogen-bond donors (Lipinski definition) is 2. The number of H-pyrrole nitrogens is 1. The number of aromatic nitrogens is 3. The summed E-state index contributed by atoms with van der Waals surface area (Å²) in [5.41, 5.74) is 4.45. The molecule has 7 nitrogen and oxygen atoms in total. The van der Waals surface area contributed by atoms with Crippen LogP contribution in [0.4, 0.5) is 0 Å². The van der Waals surface area contributed by atoms with Crippen LogP contribution in [0.3, 0.4) is 0 Å². The zero-order chi connectivity index (χ0) is 12.4. The molecule has 2 atom stereocenters. The average molecular weight is 258 g/mol. The molecule has 0 saturated carbocycles. The maximum absolute atomic E-state index is 11.2. The molecule has 0 aromatic carbocycles. The summed E-state index contributed by atoms with van der Waals surface area (Å²) in [6, 6.07) is 0.0116. The lowest BCUT2D eigenvalue weighted by Gasteiger charge is -2.27. The predicted molar refractivity (Wildman–Crippen MR) is 63.2 cm³/mol. The van der Waals surface area contributed by atoms with Gasteiger partial charge in [-0.25, -0.2) is 0 Å². The Labute approximate surface area is 101 Å². The van der Waals surface area contributed by atoms with Crippen LogP contribution in [0.1, 0.15) is 6.42 Å². The summed E-state index contributed by atoms with van der Waals surface area (Å²) in [6.07, 6.45) is 0.787. The third-order valence-electron chi connectivity index (χ3n) is 2.56. The van der Waals surface area contributed by atoms with Crippen LogP contribution in [0.25, 0.3) is 0 Å². The van der Waals surface area contributed by atoms with Gasteiger partial charge in [0.2, 0.25) is 0 Å². The number of nitrogens with one attached hydrogen (secondary N) is 1. The van der Waals surface area contributed by atoms with Gasteiger partial charge in [-0.05, 0) is 6.42 Å². The summed E-state index contributed by atoms with van der Waals surface area (Å²) >= 11 is 1.35. The second-order valence-corrected chi connectivity index (χ2v) is 5.09. The van der Waals surface area contributed by atoms with E-state index in [1.807, 2.05) is 0 Å². The van der Waals surface area contributed by atoms with Gasteiger partial charge in [0.15, 0.2) is 5.16 Å². The van der Waals surface area contributed by atoms with Crippen molar-refractivity contribution >= 4 is 11.8 Å². The zero-order valence-electron chi connectivity index (χ0n) is 9.38. The Kier molecular flexibility index (Phi) is 3.65. The Hall–Kier alpha value is -1.12. The number of thioether (sulfide) groups is 1. The lowest BCUT2D eigenvalue weighted by Crippen LogP contribution is -2.42. The lowest BCUT2D eigenvalue weighted by atomic mass is 10.1. The number of aryl methyl sites for hydroxylation is 1. The Balaban J connectivity index is 2.20. The molecule has 8 heteroatoms. The van der Waals surface area contributed by atoms with Crippen LogP contribution in [-0.2, 0) is 11.8 Å². The van der Waals surface area contributed by atoms with Crippen LogP contribution < -0.4 is 16.9 Å². The van der Waals surface area contributed by atoms with Crippen molar-refractivity contribution in [3.8, 4) is 0 Å². The van der Waals surface area contributed by atoms with Crippen LogP contribution in [0.15, 0.2) is 14.7 Å². The van der Waals surface area contributed by atoms with E-state index in [1.165, 1.54) is 16.4 Å². The zero-order valence-corrected chi connectivity index (χ0v) is 10.2. The van der Waals surface area contributed by atoms with Gasteiger partial charge in [-0.15, -0.1) is 0 Å². The minimum Gasteiger partial charge on any atom is -0.380 e. The van der Waals surface area contributed by atoms with E-state index in [1.54, 1.807) is 7.05 Å². The van der Waals surface area contributed by atoms with Gasteiger partial charge in [-0.1, -0.05) is 11.8 Å². The molecule has 1 aliphatic rings. The van der Waals surface area contributed by atoms with Gasteiger partial charge in [0.1, 0.15) is 0 Å². The summed E-state index contributed by atoms with van der Waals surface area (Å²) in [6.45, 7) is 1.19. The van der Waals surface area contributed by atoms with Crippen LogP contribution in [-0.4, -0.2) is 39.3 Å². The van der Waals surface area contributed by atoms with Crippen molar-refractivity contribution in [2.24, 2.45) is 12.8 Å². The van der Waals surface area contributed by atoms with E-state index in [4.69, 9.17) is 10.5 Å². The topological polar surface area (TPSA) is 103 Å². The maximum atomic E-state index is 11.2. The van der Waals surface area contributed by atoms with E-state index in [2.05, 4.69) is 10.1 Å². The first-order valence-corrected chi connectivity index (χ1v) is 6.13. The van der Waals surface area contributed by atoms with E-state index in [9.17, 15) is 9.59 Å². The first-order chi connectivity index (χ1) is 8.08. The highest BCUT2D eigenvalue weighted by molar-refractivity contribution is 7.99. The molecular weight excluding hydrogens is 244 g/mol. The molecule has 3 N–H and O–H groups in total. The molecule has 1 saturated heterocycles. The molecule has 94 valence electrons. The van der Waals surface area contributed by atoms with Crippen LogP contribution in [0.2, 0.25) is 0 Å². The summed E-state index contributed by atoms with van der Waals surface area (Å²) in [4.78, 5) is 25.9.